The molecule has 8 nitrogen and oxygen atoms in total. The molecule has 30 heavy (non-hydrogen) atoms. The molecule has 0 atom stereocenters. The van der Waals surface area contributed by atoms with Gasteiger partial charge in [0, 0.05) is 13.6 Å². The van der Waals surface area contributed by atoms with Crippen LogP contribution >= 0.6 is 0 Å². The van der Waals surface area contributed by atoms with Crippen LogP contribution in [0.3, 0.4) is 0 Å². The Morgan fingerprint density at radius 1 is 1.00 bits per heavy atom. The van der Waals surface area contributed by atoms with E-state index >= 15 is 0 Å². The first-order valence-electron chi connectivity index (χ1n) is 9.09. The number of hydrogen-bond donors (Lipinski definition) is 0. The van der Waals surface area contributed by atoms with Gasteiger partial charge >= 0.3 is 17.8 Å². The van der Waals surface area contributed by atoms with Crippen molar-refractivity contribution >= 4 is 23.8 Å². The zero-order valence-electron chi connectivity index (χ0n) is 16.5. The molecule has 5 amide bonds. The molecule has 1 saturated heterocycles. The van der Waals surface area contributed by atoms with Crippen LogP contribution in [0.5, 0.6) is 5.75 Å². The van der Waals surface area contributed by atoms with Crippen molar-refractivity contribution in [1.82, 2.24) is 14.7 Å². The largest absolute Gasteiger partial charge is 0.494 e. The topological polar surface area (TPSA) is 87.2 Å². The minimum atomic E-state index is -1.05. The Labute approximate surface area is 172 Å². The maximum Gasteiger partial charge on any atom is 0.335 e. The number of methoxy groups -OCH3 is 1. The molecule has 0 spiro atoms. The van der Waals surface area contributed by atoms with Gasteiger partial charge in [0.15, 0.2) is 11.6 Å². The minimum Gasteiger partial charge on any atom is -0.494 e. The number of carbonyl (C=O) groups is 4. The molecule has 0 bridgehead atoms. The highest BCUT2D eigenvalue weighted by Crippen LogP contribution is 2.19. The molecule has 1 heterocycles. The van der Waals surface area contributed by atoms with E-state index in [-0.39, 0.29) is 18.8 Å². The summed E-state index contributed by atoms with van der Waals surface area (Å²) in [5.41, 5.74) is 1.18. The SMILES string of the molecule is COc1ccc(CN(C)C(=O)CN2C(=O)C(=O)N(Cc3ccccc3)C2=O)cc1F. The van der Waals surface area contributed by atoms with E-state index in [1.807, 2.05) is 0 Å². The number of hydrogen-bond acceptors (Lipinski definition) is 5. The lowest BCUT2D eigenvalue weighted by molar-refractivity contribution is -0.145. The van der Waals surface area contributed by atoms with Gasteiger partial charge in [-0.3, -0.25) is 19.3 Å². The number of carbonyl (C=O) groups excluding carboxylic acids is 4. The van der Waals surface area contributed by atoms with Crippen molar-refractivity contribution in [2.75, 3.05) is 20.7 Å². The maximum atomic E-state index is 13.8. The Morgan fingerprint density at radius 2 is 1.67 bits per heavy atom. The summed E-state index contributed by atoms with van der Waals surface area (Å²) in [5.74, 6) is -3.08. The third kappa shape index (κ3) is 4.29. The van der Waals surface area contributed by atoms with Gasteiger partial charge in [-0.1, -0.05) is 36.4 Å². The molecule has 156 valence electrons. The van der Waals surface area contributed by atoms with Crippen molar-refractivity contribution in [1.29, 1.82) is 0 Å². The van der Waals surface area contributed by atoms with Gasteiger partial charge in [0.25, 0.3) is 0 Å². The summed E-state index contributed by atoms with van der Waals surface area (Å²) in [6, 6.07) is 12.2. The Kier molecular flexibility index (Phi) is 6.10. The lowest BCUT2D eigenvalue weighted by Crippen LogP contribution is -2.41. The molecule has 0 aliphatic carbocycles. The van der Waals surface area contributed by atoms with Crippen molar-refractivity contribution in [2.24, 2.45) is 0 Å². The van der Waals surface area contributed by atoms with Crippen molar-refractivity contribution < 1.29 is 28.3 Å². The van der Waals surface area contributed by atoms with Crippen LogP contribution in [-0.4, -0.2) is 59.2 Å². The number of halogens is 1. The summed E-state index contributed by atoms with van der Waals surface area (Å²) in [6.45, 7) is -0.586. The first kappa shape index (κ1) is 21.0. The van der Waals surface area contributed by atoms with Crippen LogP contribution in [0.15, 0.2) is 48.5 Å². The van der Waals surface area contributed by atoms with Crippen LogP contribution < -0.4 is 4.74 Å². The van der Waals surface area contributed by atoms with E-state index in [0.29, 0.717) is 16.0 Å². The molecule has 1 fully saturated rings. The molecule has 0 radical (unpaired) electrons. The highest BCUT2D eigenvalue weighted by atomic mass is 19.1. The Balaban J connectivity index is 1.65. The maximum absolute atomic E-state index is 13.8. The van der Waals surface area contributed by atoms with E-state index in [4.69, 9.17) is 4.74 Å². The monoisotopic (exact) mass is 413 g/mol. The average Bonchev–Trinajstić information content (AvgIpc) is 2.93. The number of amides is 5. The van der Waals surface area contributed by atoms with E-state index in [2.05, 4.69) is 0 Å². The fourth-order valence-corrected chi connectivity index (χ4v) is 3.02. The number of rotatable bonds is 7. The summed E-state index contributed by atoms with van der Waals surface area (Å²) in [7, 11) is 2.80. The molecule has 9 heteroatoms. The lowest BCUT2D eigenvalue weighted by Gasteiger charge is -2.21. The number of likely N-dealkylation sites (N-methyl/N-ethyl adjacent to an activating group) is 1. The molecule has 1 aliphatic rings. The van der Waals surface area contributed by atoms with Gasteiger partial charge < -0.3 is 9.64 Å². The number of benzene rings is 2. The molecule has 0 unspecified atom stereocenters. The van der Waals surface area contributed by atoms with E-state index in [9.17, 15) is 23.6 Å². The second-order valence-electron chi connectivity index (χ2n) is 6.77. The molecule has 0 aromatic heterocycles. The highest BCUT2D eigenvalue weighted by molar-refractivity contribution is 6.44. The van der Waals surface area contributed by atoms with E-state index < -0.39 is 36.1 Å². The zero-order valence-corrected chi connectivity index (χ0v) is 16.5. The molecule has 2 aromatic carbocycles. The van der Waals surface area contributed by atoms with Crippen LogP contribution in [0.25, 0.3) is 0 Å². The summed E-state index contributed by atoms with van der Waals surface area (Å²) < 4.78 is 18.7. The van der Waals surface area contributed by atoms with Crippen molar-refractivity contribution in [2.45, 2.75) is 13.1 Å². The normalized spacial score (nSPS) is 13.8. The molecular weight excluding hydrogens is 393 g/mol. The van der Waals surface area contributed by atoms with Crippen LogP contribution in [0.1, 0.15) is 11.1 Å². The Morgan fingerprint density at radius 3 is 2.30 bits per heavy atom. The van der Waals surface area contributed by atoms with Crippen LogP contribution in [0.2, 0.25) is 0 Å². The third-order valence-corrected chi connectivity index (χ3v) is 4.67. The predicted molar refractivity (Wildman–Crippen MR) is 104 cm³/mol. The summed E-state index contributed by atoms with van der Waals surface area (Å²) in [6.07, 6.45) is 0. The number of ether oxygens (including phenoxy) is 1. The highest BCUT2D eigenvalue weighted by Gasteiger charge is 2.45. The van der Waals surface area contributed by atoms with Crippen molar-refractivity contribution in [3.05, 3.63) is 65.5 Å². The molecule has 0 saturated carbocycles. The molecular formula is C21H20FN3O5. The van der Waals surface area contributed by atoms with E-state index in [0.717, 1.165) is 4.90 Å². The minimum absolute atomic E-state index is 0.0532. The van der Waals surface area contributed by atoms with Gasteiger partial charge in [-0.25, -0.2) is 14.1 Å². The van der Waals surface area contributed by atoms with Crippen LogP contribution in [0, 0.1) is 5.82 Å². The fourth-order valence-electron chi connectivity index (χ4n) is 3.02. The van der Waals surface area contributed by atoms with E-state index in [1.54, 1.807) is 36.4 Å². The summed E-state index contributed by atoms with van der Waals surface area (Å²) in [4.78, 5) is 52.2. The number of urea groups is 1. The number of imide groups is 2. The smallest absolute Gasteiger partial charge is 0.335 e. The van der Waals surface area contributed by atoms with Gasteiger partial charge in [0.05, 0.1) is 13.7 Å². The first-order chi connectivity index (χ1) is 14.3. The van der Waals surface area contributed by atoms with Crippen LogP contribution in [0.4, 0.5) is 9.18 Å². The third-order valence-electron chi connectivity index (χ3n) is 4.67. The fraction of sp³-hybridized carbons (Fsp3) is 0.238. The summed E-state index contributed by atoms with van der Waals surface area (Å²) in [5, 5.41) is 0. The Bertz CT molecular complexity index is 995. The van der Waals surface area contributed by atoms with Crippen molar-refractivity contribution in [3.63, 3.8) is 0 Å². The quantitative estimate of drug-likeness (QED) is 0.510. The average molecular weight is 413 g/mol. The Hall–Kier alpha value is -3.75. The predicted octanol–water partition coefficient (Wildman–Crippen LogP) is 1.78. The van der Waals surface area contributed by atoms with Gasteiger partial charge in [0.1, 0.15) is 6.54 Å². The summed E-state index contributed by atoms with van der Waals surface area (Å²) >= 11 is 0. The molecule has 2 aromatic rings. The lowest BCUT2D eigenvalue weighted by atomic mass is 10.2. The standard InChI is InChI=1S/C21H20FN3O5/c1-23(11-15-8-9-17(30-2)16(22)10-15)18(26)13-25-20(28)19(27)24(21(25)29)12-14-6-4-3-5-7-14/h3-10H,11-13H2,1-2H3. The van der Waals surface area contributed by atoms with Gasteiger partial charge in [-0.15, -0.1) is 0 Å². The number of nitrogens with zero attached hydrogens (tertiary/aromatic N) is 3. The van der Waals surface area contributed by atoms with Gasteiger partial charge in [-0.05, 0) is 23.3 Å². The van der Waals surface area contributed by atoms with Crippen molar-refractivity contribution in [3.8, 4) is 5.75 Å². The van der Waals surface area contributed by atoms with Gasteiger partial charge in [0.2, 0.25) is 5.91 Å². The van der Waals surface area contributed by atoms with Crippen LogP contribution in [-0.2, 0) is 27.5 Å². The van der Waals surface area contributed by atoms with E-state index in [1.165, 1.54) is 31.2 Å². The second-order valence-corrected chi connectivity index (χ2v) is 6.77. The molecule has 0 N–H and O–H groups in total. The molecule has 1 aliphatic heterocycles. The second kappa shape index (κ2) is 8.73. The first-order valence-corrected chi connectivity index (χ1v) is 9.09. The zero-order chi connectivity index (χ0) is 21.8. The molecule has 3 rings (SSSR count). The van der Waals surface area contributed by atoms with Gasteiger partial charge in [-0.2, -0.15) is 0 Å².